The van der Waals surface area contributed by atoms with Crippen molar-refractivity contribution < 1.29 is 9.53 Å². The molecule has 1 aromatic carbocycles. The van der Waals surface area contributed by atoms with Gasteiger partial charge in [0.05, 0.1) is 5.02 Å². The van der Waals surface area contributed by atoms with Gasteiger partial charge in [-0.2, -0.15) is 0 Å². The van der Waals surface area contributed by atoms with Crippen molar-refractivity contribution in [3.8, 4) is 5.75 Å². The molecule has 0 radical (unpaired) electrons. The minimum absolute atomic E-state index is 0.291. The quantitative estimate of drug-likeness (QED) is 0.854. The second kappa shape index (κ2) is 7.75. The van der Waals surface area contributed by atoms with Crippen LogP contribution in [0.15, 0.2) is 24.3 Å². The van der Waals surface area contributed by atoms with E-state index in [-0.39, 0.29) is 0 Å². The lowest BCUT2D eigenvalue weighted by Crippen LogP contribution is -2.50. The van der Waals surface area contributed by atoms with Crippen LogP contribution in [0.4, 0.5) is 0 Å². The molecular weight excluding hydrogens is 350 g/mol. The number of ether oxygens (including phenoxy) is 1. The first-order valence-electron chi connectivity index (χ1n) is 9.77. The highest BCUT2D eigenvalue weighted by molar-refractivity contribution is 6.32. The molecule has 1 atom stereocenters. The highest BCUT2D eigenvalue weighted by Gasteiger charge is 2.58. The predicted molar refractivity (Wildman–Crippen MR) is 103 cm³/mol. The van der Waals surface area contributed by atoms with Crippen molar-refractivity contribution in [2.24, 2.45) is 11.3 Å². The maximum absolute atomic E-state index is 12.8. The molecule has 1 saturated carbocycles. The third-order valence-electron chi connectivity index (χ3n) is 6.27. The van der Waals surface area contributed by atoms with E-state index in [2.05, 4.69) is 15.1 Å². The number of benzene rings is 1. The number of piperazine rings is 1. The van der Waals surface area contributed by atoms with Crippen molar-refractivity contribution >= 4 is 17.5 Å². The zero-order valence-corrected chi connectivity index (χ0v) is 16.0. The minimum atomic E-state index is 0.291. The summed E-state index contributed by atoms with van der Waals surface area (Å²) in [6.45, 7) is 7.18. The molecule has 6 heteroatoms. The molecule has 2 aliphatic heterocycles. The van der Waals surface area contributed by atoms with Crippen LogP contribution in [-0.4, -0.2) is 68.1 Å². The number of piperidine rings is 1. The van der Waals surface area contributed by atoms with Crippen molar-refractivity contribution in [1.82, 2.24) is 15.1 Å². The fourth-order valence-corrected chi connectivity index (χ4v) is 4.62. The molecule has 2 heterocycles. The number of hydrogen-bond acceptors (Lipinski definition) is 4. The number of para-hydroxylation sites is 1. The summed E-state index contributed by atoms with van der Waals surface area (Å²) in [6, 6.07) is 7.57. The fraction of sp³-hybridized carbons (Fsp3) is 0.650. The fourth-order valence-electron chi connectivity index (χ4n) is 4.43. The first-order valence-corrected chi connectivity index (χ1v) is 10.1. The normalized spacial score (nSPS) is 25.3. The Morgan fingerprint density at radius 2 is 1.92 bits per heavy atom. The van der Waals surface area contributed by atoms with E-state index in [0.717, 1.165) is 58.0 Å². The first-order chi connectivity index (χ1) is 12.7. The number of halogens is 1. The van der Waals surface area contributed by atoms with Gasteiger partial charge in [-0.05, 0) is 49.9 Å². The Morgan fingerprint density at radius 3 is 2.65 bits per heavy atom. The van der Waals surface area contributed by atoms with Crippen LogP contribution in [0.5, 0.6) is 5.75 Å². The van der Waals surface area contributed by atoms with Crippen LogP contribution in [0.2, 0.25) is 5.02 Å². The minimum Gasteiger partial charge on any atom is -0.491 e. The summed E-state index contributed by atoms with van der Waals surface area (Å²) in [4.78, 5) is 17.3. The molecule has 1 amide bonds. The molecule has 26 heavy (non-hydrogen) atoms. The van der Waals surface area contributed by atoms with Crippen LogP contribution in [0.3, 0.4) is 0 Å². The molecule has 1 N–H and O–H groups in total. The average molecular weight is 378 g/mol. The number of nitrogens with zero attached hydrogens (tertiary/aromatic N) is 2. The number of carbonyl (C=O) groups is 1. The van der Waals surface area contributed by atoms with Crippen LogP contribution >= 0.6 is 11.6 Å². The lowest BCUT2D eigenvalue weighted by molar-refractivity contribution is -0.135. The molecule has 0 aromatic heterocycles. The van der Waals surface area contributed by atoms with Gasteiger partial charge in [0.2, 0.25) is 5.91 Å². The van der Waals surface area contributed by atoms with E-state index in [4.69, 9.17) is 16.3 Å². The van der Waals surface area contributed by atoms with Gasteiger partial charge in [0.25, 0.3) is 0 Å². The summed E-state index contributed by atoms with van der Waals surface area (Å²) in [5, 5.41) is 4.06. The lowest BCUT2D eigenvalue weighted by Gasteiger charge is -2.35. The van der Waals surface area contributed by atoms with Gasteiger partial charge in [0, 0.05) is 38.6 Å². The average Bonchev–Trinajstić information content (AvgIpc) is 3.36. The number of hydrogen-bond donors (Lipinski definition) is 1. The summed E-state index contributed by atoms with van der Waals surface area (Å²) in [5.74, 6) is 1.43. The first kappa shape index (κ1) is 18.1. The molecule has 3 aliphatic rings. The molecule has 0 bridgehead atoms. The van der Waals surface area contributed by atoms with E-state index in [1.54, 1.807) is 0 Å². The van der Waals surface area contributed by atoms with Crippen LogP contribution < -0.4 is 10.1 Å². The highest BCUT2D eigenvalue weighted by atomic mass is 35.5. The summed E-state index contributed by atoms with van der Waals surface area (Å²) in [7, 11) is 0. The van der Waals surface area contributed by atoms with Crippen molar-refractivity contribution in [3.05, 3.63) is 29.3 Å². The van der Waals surface area contributed by atoms with E-state index >= 15 is 0 Å². The molecule has 1 unspecified atom stereocenters. The van der Waals surface area contributed by atoms with Gasteiger partial charge in [0.1, 0.15) is 12.4 Å². The number of amides is 1. The Labute approximate surface area is 160 Å². The van der Waals surface area contributed by atoms with Gasteiger partial charge >= 0.3 is 0 Å². The Kier molecular flexibility index (Phi) is 5.39. The Hall–Kier alpha value is -1.30. The maximum Gasteiger partial charge on any atom is 0.226 e. The molecule has 5 nitrogen and oxygen atoms in total. The van der Waals surface area contributed by atoms with Gasteiger partial charge < -0.3 is 15.0 Å². The molecule has 142 valence electrons. The second-order valence-corrected chi connectivity index (χ2v) is 8.22. The molecular formula is C20H28ClN3O2. The van der Waals surface area contributed by atoms with Gasteiger partial charge in [-0.1, -0.05) is 23.7 Å². The number of carbonyl (C=O) groups excluding carboxylic acids is 1. The molecule has 1 aromatic rings. The van der Waals surface area contributed by atoms with E-state index < -0.39 is 0 Å². The topological polar surface area (TPSA) is 44.8 Å². The zero-order chi connectivity index (χ0) is 18.0. The van der Waals surface area contributed by atoms with Crippen LogP contribution in [-0.2, 0) is 4.79 Å². The zero-order valence-electron chi connectivity index (χ0n) is 15.3. The van der Waals surface area contributed by atoms with E-state index in [9.17, 15) is 4.79 Å². The Balaban J connectivity index is 1.19. The van der Waals surface area contributed by atoms with Gasteiger partial charge in [-0.25, -0.2) is 0 Å². The molecule has 3 fully saturated rings. The maximum atomic E-state index is 12.8. The molecule has 1 spiro atoms. The van der Waals surface area contributed by atoms with Crippen molar-refractivity contribution in [2.75, 3.05) is 52.4 Å². The van der Waals surface area contributed by atoms with Crippen LogP contribution in [0.1, 0.15) is 19.3 Å². The summed E-state index contributed by atoms with van der Waals surface area (Å²) in [5.41, 5.74) is 0.336. The third kappa shape index (κ3) is 3.85. The SMILES string of the molecule is O=C(C1CC12CCNCC2)N1CCN(CCOc2ccccc2Cl)CC1. The lowest BCUT2D eigenvalue weighted by atomic mass is 9.91. The summed E-state index contributed by atoms with van der Waals surface area (Å²) in [6.07, 6.45) is 3.45. The number of nitrogens with one attached hydrogen (secondary N) is 1. The molecule has 1 aliphatic carbocycles. The van der Waals surface area contributed by atoms with Crippen molar-refractivity contribution in [1.29, 1.82) is 0 Å². The van der Waals surface area contributed by atoms with E-state index in [0.29, 0.717) is 28.9 Å². The number of rotatable bonds is 5. The van der Waals surface area contributed by atoms with E-state index in [1.807, 2.05) is 24.3 Å². The van der Waals surface area contributed by atoms with Crippen LogP contribution in [0, 0.1) is 11.3 Å². The highest BCUT2D eigenvalue weighted by Crippen LogP contribution is 2.59. The van der Waals surface area contributed by atoms with Gasteiger partial charge in [0.15, 0.2) is 0 Å². The summed E-state index contributed by atoms with van der Waals surface area (Å²) < 4.78 is 5.78. The third-order valence-corrected chi connectivity index (χ3v) is 6.59. The standard InChI is InChI=1S/C20H28ClN3O2/c21-17-3-1-2-4-18(17)26-14-13-23-9-11-24(12-10-23)19(25)16-15-20(16)5-7-22-8-6-20/h1-4,16,22H,5-15H2. The van der Waals surface area contributed by atoms with Gasteiger partial charge in [-0.3, -0.25) is 9.69 Å². The largest absolute Gasteiger partial charge is 0.491 e. The van der Waals surface area contributed by atoms with Gasteiger partial charge in [-0.15, -0.1) is 0 Å². The van der Waals surface area contributed by atoms with Crippen LogP contribution in [0.25, 0.3) is 0 Å². The van der Waals surface area contributed by atoms with E-state index in [1.165, 1.54) is 12.8 Å². The molecule has 4 rings (SSSR count). The summed E-state index contributed by atoms with van der Waals surface area (Å²) >= 11 is 6.11. The monoisotopic (exact) mass is 377 g/mol. The van der Waals surface area contributed by atoms with Crippen molar-refractivity contribution in [3.63, 3.8) is 0 Å². The van der Waals surface area contributed by atoms with Crippen molar-refractivity contribution in [2.45, 2.75) is 19.3 Å². The Bertz CT molecular complexity index is 640. The predicted octanol–water partition coefficient (Wildman–Crippen LogP) is 2.25. The Morgan fingerprint density at radius 1 is 1.19 bits per heavy atom. The molecule has 2 saturated heterocycles. The second-order valence-electron chi connectivity index (χ2n) is 7.81. The smallest absolute Gasteiger partial charge is 0.226 e.